The summed E-state index contributed by atoms with van der Waals surface area (Å²) in [6.07, 6.45) is 1.90. The average molecular weight is 317 g/mol. The van der Waals surface area contributed by atoms with E-state index in [4.69, 9.17) is 0 Å². The molecule has 0 aliphatic heterocycles. The van der Waals surface area contributed by atoms with Crippen LogP contribution < -0.4 is 0 Å². The van der Waals surface area contributed by atoms with Crippen molar-refractivity contribution in [1.82, 2.24) is 14.6 Å². The second-order valence-corrected chi connectivity index (χ2v) is 6.04. The molecule has 6 heteroatoms. The van der Waals surface area contributed by atoms with Gasteiger partial charge in [0, 0.05) is 30.5 Å². The Morgan fingerprint density at radius 1 is 1.26 bits per heavy atom. The number of halogens is 3. The third-order valence-electron chi connectivity index (χ3n) is 4.42. The van der Waals surface area contributed by atoms with Crippen LogP contribution in [0.2, 0.25) is 0 Å². The second-order valence-electron chi connectivity index (χ2n) is 6.04. The molecule has 118 valence electrons. The van der Waals surface area contributed by atoms with Gasteiger partial charge in [-0.15, -0.1) is 10.2 Å². The van der Waals surface area contributed by atoms with Gasteiger partial charge in [0.05, 0.1) is 0 Å². The highest BCUT2D eigenvalue weighted by molar-refractivity contribution is 5.72. The van der Waals surface area contributed by atoms with Crippen molar-refractivity contribution < 1.29 is 13.2 Å². The highest BCUT2D eigenvalue weighted by atomic mass is 19.3. The summed E-state index contributed by atoms with van der Waals surface area (Å²) in [5.74, 6) is -2.98. The van der Waals surface area contributed by atoms with Gasteiger partial charge in [-0.3, -0.25) is 4.40 Å². The summed E-state index contributed by atoms with van der Waals surface area (Å²) in [5, 5.41) is 8.19. The number of aromatic nitrogens is 3. The molecule has 1 aliphatic carbocycles. The first kappa shape index (κ1) is 14.2. The van der Waals surface area contributed by atoms with E-state index in [0.29, 0.717) is 11.5 Å². The Bertz CT molecular complexity index is 901. The van der Waals surface area contributed by atoms with Crippen LogP contribution in [-0.4, -0.2) is 20.5 Å². The molecule has 0 amide bonds. The maximum atomic E-state index is 13.4. The Morgan fingerprint density at radius 2 is 2.04 bits per heavy atom. The molecule has 2 aromatic heterocycles. The maximum Gasteiger partial charge on any atom is 0.252 e. The summed E-state index contributed by atoms with van der Waals surface area (Å²) < 4.78 is 41.4. The van der Waals surface area contributed by atoms with Gasteiger partial charge in [0.2, 0.25) is 0 Å². The van der Waals surface area contributed by atoms with Crippen molar-refractivity contribution in [3.05, 3.63) is 53.7 Å². The molecule has 0 radical (unpaired) electrons. The SMILES string of the molecule is Cc1c(-c2cccc(F)c2)ccn2c(CC3CC3(F)F)nnc12. The zero-order chi connectivity index (χ0) is 16.2. The smallest absolute Gasteiger partial charge is 0.252 e. The van der Waals surface area contributed by atoms with Gasteiger partial charge in [-0.25, -0.2) is 13.2 Å². The molecule has 1 aliphatic rings. The van der Waals surface area contributed by atoms with E-state index in [9.17, 15) is 13.2 Å². The molecule has 0 N–H and O–H groups in total. The number of hydrogen-bond donors (Lipinski definition) is 0. The number of hydrogen-bond acceptors (Lipinski definition) is 2. The standard InChI is InChI=1S/C17H14F3N3/c1-10-14(11-3-2-4-13(18)7-11)5-6-23-15(21-22-16(10)23)8-12-9-17(12,19)20/h2-7,12H,8-9H2,1H3. The lowest BCUT2D eigenvalue weighted by Gasteiger charge is -2.08. The highest BCUT2D eigenvalue weighted by Gasteiger charge is 2.56. The van der Waals surface area contributed by atoms with Crippen LogP contribution in [0.5, 0.6) is 0 Å². The van der Waals surface area contributed by atoms with E-state index in [1.165, 1.54) is 12.1 Å². The van der Waals surface area contributed by atoms with Crippen molar-refractivity contribution in [2.75, 3.05) is 0 Å². The van der Waals surface area contributed by atoms with Crippen LogP contribution in [0.25, 0.3) is 16.8 Å². The third-order valence-corrected chi connectivity index (χ3v) is 4.42. The zero-order valence-electron chi connectivity index (χ0n) is 12.4. The van der Waals surface area contributed by atoms with Crippen LogP contribution in [0.1, 0.15) is 17.8 Å². The van der Waals surface area contributed by atoms with Gasteiger partial charge < -0.3 is 0 Å². The topological polar surface area (TPSA) is 30.2 Å². The molecule has 0 bridgehead atoms. The van der Waals surface area contributed by atoms with E-state index in [1.807, 2.05) is 19.1 Å². The largest absolute Gasteiger partial charge is 0.286 e. The normalized spacial score (nSPS) is 19.2. The number of rotatable bonds is 3. The van der Waals surface area contributed by atoms with Crippen molar-refractivity contribution in [3.63, 3.8) is 0 Å². The fraction of sp³-hybridized carbons (Fsp3) is 0.294. The minimum atomic E-state index is -2.57. The van der Waals surface area contributed by atoms with E-state index in [-0.39, 0.29) is 18.7 Å². The summed E-state index contributed by atoms with van der Waals surface area (Å²) in [6, 6.07) is 8.17. The molecule has 0 spiro atoms. The number of aryl methyl sites for hydroxylation is 1. The fourth-order valence-corrected chi connectivity index (χ4v) is 2.95. The first-order valence-corrected chi connectivity index (χ1v) is 7.43. The Labute approximate surface area is 130 Å². The predicted octanol–water partition coefficient (Wildman–Crippen LogP) is 4.04. The number of pyridine rings is 1. The lowest BCUT2D eigenvalue weighted by Crippen LogP contribution is -2.02. The molecule has 1 atom stereocenters. The van der Waals surface area contributed by atoms with Gasteiger partial charge in [-0.05, 0) is 36.2 Å². The highest BCUT2D eigenvalue weighted by Crippen LogP contribution is 2.50. The monoisotopic (exact) mass is 317 g/mol. The molecule has 1 aromatic carbocycles. The molecule has 1 fully saturated rings. The molecule has 0 saturated heterocycles. The minimum absolute atomic E-state index is 0.0811. The first-order valence-electron chi connectivity index (χ1n) is 7.43. The quantitative estimate of drug-likeness (QED) is 0.730. The molecule has 1 saturated carbocycles. The first-order chi connectivity index (χ1) is 11.0. The summed E-state index contributed by atoms with van der Waals surface area (Å²) in [7, 11) is 0. The zero-order valence-corrected chi connectivity index (χ0v) is 12.4. The van der Waals surface area contributed by atoms with Gasteiger partial charge in [-0.1, -0.05) is 12.1 Å². The third kappa shape index (κ3) is 2.38. The van der Waals surface area contributed by atoms with Gasteiger partial charge in [0.1, 0.15) is 11.6 Å². The molecular formula is C17H14F3N3. The van der Waals surface area contributed by atoms with Gasteiger partial charge >= 0.3 is 0 Å². The Balaban J connectivity index is 1.75. The molecule has 23 heavy (non-hydrogen) atoms. The van der Waals surface area contributed by atoms with Gasteiger partial charge in [0.15, 0.2) is 5.65 Å². The molecule has 2 heterocycles. The molecule has 3 aromatic rings. The summed E-state index contributed by atoms with van der Waals surface area (Å²) in [5.41, 5.74) is 3.07. The van der Waals surface area contributed by atoms with Crippen LogP contribution in [0.4, 0.5) is 13.2 Å². The van der Waals surface area contributed by atoms with Gasteiger partial charge in [0.25, 0.3) is 5.92 Å². The van der Waals surface area contributed by atoms with E-state index < -0.39 is 11.8 Å². The fourth-order valence-electron chi connectivity index (χ4n) is 2.95. The minimum Gasteiger partial charge on any atom is -0.286 e. The Kier molecular flexibility index (Phi) is 2.98. The van der Waals surface area contributed by atoms with E-state index in [1.54, 1.807) is 16.7 Å². The van der Waals surface area contributed by atoms with Crippen molar-refractivity contribution in [2.24, 2.45) is 5.92 Å². The van der Waals surface area contributed by atoms with Crippen LogP contribution in [0.3, 0.4) is 0 Å². The summed E-state index contributed by atoms with van der Waals surface area (Å²) in [4.78, 5) is 0. The van der Waals surface area contributed by atoms with Gasteiger partial charge in [-0.2, -0.15) is 0 Å². The van der Waals surface area contributed by atoms with E-state index in [0.717, 1.165) is 16.7 Å². The Hall–Kier alpha value is -2.37. The second kappa shape index (κ2) is 4.81. The average Bonchev–Trinajstić information content (AvgIpc) is 2.92. The number of nitrogens with zero attached hydrogens (tertiary/aromatic N) is 3. The van der Waals surface area contributed by atoms with Crippen LogP contribution in [0.15, 0.2) is 36.5 Å². The number of alkyl halides is 2. The van der Waals surface area contributed by atoms with Crippen LogP contribution in [0, 0.1) is 18.7 Å². The lowest BCUT2D eigenvalue weighted by atomic mass is 10.0. The number of benzene rings is 1. The molecule has 1 unspecified atom stereocenters. The van der Waals surface area contributed by atoms with Crippen LogP contribution in [-0.2, 0) is 6.42 Å². The van der Waals surface area contributed by atoms with E-state index >= 15 is 0 Å². The Morgan fingerprint density at radius 3 is 2.74 bits per heavy atom. The van der Waals surface area contributed by atoms with Crippen molar-refractivity contribution >= 4 is 5.65 Å². The summed E-state index contributed by atoms with van der Waals surface area (Å²) >= 11 is 0. The predicted molar refractivity (Wildman–Crippen MR) is 79.9 cm³/mol. The maximum absolute atomic E-state index is 13.4. The number of fused-ring (bicyclic) bond motifs is 1. The lowest BCUT2D eigenvalue weighted by molar-refractivity contribution is 0.0984. The van der Waals surface area contributed by atoms with Crippen molar-refractivity contribution in [1.29, 1.82) is 0 Å². The summed E-state index contributed by atoms with van der Waals surface area (Å²) in [6.45, 7) is 1.87. The van der Waals surface area contributed by atoms with Crippen molar-refractivity contribution in [2.45, 2.75) is 25.7 Å². The molecule has 4 rings (SSSR count). The van der Waals surface area contributed by atoms with E-state index in [2.05, 4.69) is 10.2 Å². The molecular weight excluding hydrogens is 303 g/mol. The van der Waals surface area contributed by atoms with Crippen LogP contribution >= 0.6 is 0 Å². The van der Waals surface area contributed by atoms with Crippen molar-refractivity contribution in [3.8, 4) is 11.1 Å². The molecule has 3 nitrogen and oxygen atoms in total.